The molecule has 2 aromatic heterocycles. The molecule has 2 heterocycles. The van der Waals surface area contributed by atoms with E-state index in [2.05, 4.69) is 15.3 Å². The molecule has 0 fully saturated rings. The molecular weight excluding hydrogens is 318 g/mol. The first-order valence-electron chi connectivity index (χ1n) is 6.63. The summed E-state index contributed by atoms with van der Waals surface area (Å²) in [6.07, 6.45) is 1.63. The molecular formula is C16H12ClN3OS. The first-order valence-corrected chi connectivity index (χ1v) is 7.83. The second-order valence-corrected chi connectivity index (χ2v) is 6.03. The number of amides is 1. The molecule has 0 unspecified atom stereocenters. The number of hydrogen-bond donors (Lipinski definition) is 1. The maximum atomic E-state index is 12.0. The van der Waals surface area contributed by atoms with Crippen LogP contribution in [0.4, 0.5) is 0 Å². The van der Waals surface area contributed by atoms with E-state index in [9.17, 15) is 4.79 Å². The smallest absolute Gasteiger partial charge is 0.251 e. The summed E-state index contributed by atoms with van der Waals surface area (Å²) >= 11 is 7.37. The third-order valence-corrected chi connectivity index (χ3v) is 4.29. The molecule has 22 heavy (non-hydrogen) atoms. The van der Waals surface area contributed by atoms with Crippen molar-refractivity contribution in [2.24, 2.45) is 0 Å². The minimum absolute atomic E-state index is 0.0827. The summed E-state index contributed by atoms with van der Waals surface area (Å²) in [6, 6.07) is 14.9. The number of rotatable bonds is 4. The molecule has 3 rings (SSSR count). The number of carbonyl (C=O) groups is 1. The van der Waals surface area contributed by atoms with Crippen molar-refractivity contribution in [3.63, 3.8) is 0 Å². The maximum absolute atomic E-state index is 12.0. The number of carbonyl (C=O) groups excluding carboxylic acids is 1. The first-order chi connectivity index (χ1) is 10.7. The van der Waals surface area contributed by atoms with Crippen LogP contribution in [-0.2, 0) is 6.54 Å². The van der Waals surface area contributed by atoms with E-state index in [0.717, 1.165) is 15.4 Å². The molecule has 4 nitrogen and oxygen atoms in total. The van der Waals surface area contributed by atoms with Crippen molar-refractivity contribution in [3.8, 4) is 10.6 Å². The van der Waals surface area contributed by atoms with Crippen LogP contribution in [0.3, 0.4) is 0 Å². The standard InChI is InChI=1S/C16H12ClN3OS/c17-16-18-9-8-13(20-16)14-7-6-12(22-14)10-19-15(21)11-4-2-1-3-5-11/h1-9H,10H2,(H,19,21). The number of nitrogens with zero attached hydrogens (tertiary/aromatic N) is 2. The molecule has 1 amide bonds. The molecule has 1 aromatic carbocycles. The Kier molecular flexibility index (Phi) is 4.46. The second-order valence-electron chi connectivity index (χ2n) is 4.53. The van der Waals surface area contributed by atoms with E-state index in [4.69, 9.17) is 11.6 Å². The molecule has 110 valence electrons. The fourth-order valence-corrected chi connectivity index (χ4v) is 3.01. The van der Waals surface area contributed by atoms with Crippen molar-refractivity contribution in [1.82, 2.24) is 15.3 Å². The lowest BCUT2D eigenvalue weighted by Gasteiger charge is -2.03. The van der Waals surface area contributed by atoms with E-state index in [1.165, 1.54) is 0 Å². The molecule has 0 aliphatic rings. The quantitative estimate of drug-likeness (QED) is 0.741. The van der Waals surface area contributed by atoms with Crippen molar-refractivity contribution >= 4 is 28.8 Å². The Labute approximate surface area is 136 Å². The van der Waals surface area contributed by atoms with E-state index < -0.39 is 0 Å². The zero-order valence-electron chi connectivity index (χ0n) is 11.5. The molecule has 3 aromatic rings. The summed E-state index contributed by atoms with van der Waals surface area (Å²) in [6.45, 7) is 0.483. The van der Waals surface area contributed by atoms with Gasteiger partial charge in [0.25, 0.3) is 5.91 Å². The van der Waals surface area contributed by atoms with Gasteiger partial charge in [0.1, 0.15) is 0 Å². The van der Waals surface area contributed by atoms with Crippen molar-refractivity contribution in [2.45, 2.75) is 6.54 Å². The van der Waals surface area contributed by atoms with E-state index in [-0.39, 0.29) is 11.2 Å². The van der Waals surface area contributed by atoms with Crippen LogP contribution < -0.4 is 5.32 Å². The SMILES string of the molecule is O=C(NCc1ccc(-c2ccnc(Cl)n2)s1)c1ccccc1. The highest BCUT2D eigenvalue weighted by molar-refractivity contribution is 7.15. The van der Waals surface area contributed by atoms with E-state index in [1.54, 1.807) is 29.7 Å². The van der Waals surface area contributed by atoms with Crippen LogP contribution in [0.5, 0.6) is 0 Å². The van der Waals surface area contributed by atoms with Gasteiger partial charge in [-0.1, -0.05) is 18.2 Å². The Morgan fingerprint density at radius 1 is 1.14 bits per heavy atom. The van der Waals surface area contributed by atoms with Gasteiger partial charge in [-0.05, 0) is 41.9 Å². The molecule has 0 spiro atoms. The number of nitrogens with one attached hydrogen (secondary N) is 1. The van der Waals surface area contributed by atoms with Crippen molar-refractivity contribution < 1.29 is 4.79 Å². The molecule has 0 radical (unpaired) electrons. The van der Waals surface area contributed by atoms with Gasteiger partial charge < -0.3 is 5.32 Å². The summed E-state index contributed by atoms with van der Waals surface area (Å²) in [4.78, 5) is 22.1. The first kappa shape index (κ1) is 14.7. The molecule has 0 saturated carbocycles. The molecule has 0 aliphatic heterocycles. The van der Waals surface area contributed by atoms with Gasteiger partial charge >= 0.3 is 0 Å². The summed E-state index contributed by atoms with van der Waals surface area (Å²) in [5, 5.41) is 3.13. The zero-order valence-corrected chi connectivity index (χ0v) is 13.1. The fraction of sp³-hybridized carbons (Fsp3) is 0.0625. The molecule has 0 aliphatic carbocycles. The molecule has 0 bridgehead atoms. The average molecular weight is 330 g/mol. The number of halogens is 1. The monoisotopic (exact) mass is 329 g/mol. The Bertz CT molecular complexity index is 789. The van der Waals surface area contributed by atoms with Gasteiger partial charge in [0.05, 0.1) is 17.1 Å². The summed E-state index contributed by atoms with van der Waals surface area (Å²) in [7, 11) is 0. The average Bonchev–Trinajstić information content (AvgIpc) is 3.02. The van der Waals surface area contributed by atoms with Gasteiger partial charge in [-0.2, -0.15) is 0 Å². The van der Waals surface area contributed by atoms with Crippen LogP contribution in [0, 0.1) is 0 Å². The zero-order chi connectivity index (χ0) is 15.4. The molecule has 0 saturated heterocycles. The van der Waals surface area contributed by atoms with Gasteiger partial charge in [0.2, 0.25) is 5.28 Å². The van der Waals surface area contributed by atoms with E-state index in [1.807, 2.05) is 36.4 Å². The topological polar surface area (TPSA) is 54.9 Å². The molecule has 1 N–H and O–H groups in total. The Balaban J connectivity index is 1.66. The van der Waals surface area contributed by atoms with Crippen molar-refractivity contribution in [1.29, 1.82) is 0 Å². The van der Waals surface area contributed by atoms with Crippen LogP contribution >= 0.6 is 22.9 Å². The summed E-state index contributed by atoms with van der Waals surface area (Å²) in [5.41, 5.74) is 1.44. The van der Waals surface area contributed by atoms with Crippen LogP contribution in [0.25, 0.3) is 10.6 Å². The summed E-state index contributed by atoms with van der Waals surface area (Å²) < 4.78 is 0. The van der Waals surface area contributed by atoms with Crippen LogP contribution in [0.2, 0.25) is 5.28 Å². The maximum Gasteiger partial charge on any atom is 0.251 e. The Morgan fingerprint density at radius 2 is 1.95 bits per heavy atom. The highest BCUT2D eigenvalue weighted by Crippen LogP contribution is 2.26. The van der Waals surface area contributed by atoms with Crippen LogP contribution in [-0.4, -0.2) is 15.9 Å². The normalized spacial score (nSPS) is 10.4. The Hall–Kier alpha value is -2.24. The van der Waals surface area contributed by atoms with Crippen molar-refractivity contribution in [3.05, 3.63) is 70.5 Å². The predicted molar refractivity (Wildman–Crippen MR) is 88.0 cm³/mol. The lowest BCUT2D eigenvalue weighted by atomic mass is 10.2. The number of benzene rings is 1. The minimum atomic E-state index is -0.0827. The number of thiophene rings is 1. The van der Waals surface area contributed by atoms with Gasteiger partial charge in [0.15, 0.2) is 0 Å². The minimum Gasteiger partial charge on any atom is -0.347 e. The third-order valence-electron chi connectivity index (χ3n) is 3.00. The lowest BCUT2D eigenvalue weighted by molar-refractivity contribution is 0.0951. The van der Waals surface area contributed by atoms with Crippen LogP contribution in [0.15, 0.2) is 54.7 Å². The van der Waals surface area contributed by atoms with E-state index in [0.29, 0.717) is 12.1 Å². The largest absolute Gasteiger partial charge is 0.347 e. The Morgan fingerprint density at radius 3 is 2.73 bits per heavy atom. The lowest BCUT2D eigenvalue weighted by Crippen LogP contribution is -2.22. The fourth-order valence-electron chi connectivity index (χ4n) is 1.94. The van der Waals surface area contributed by atoms with Crippen molar-refractivity contribution in [2.75, 3.05) is 0 Å². The highest BCUT2D eigenvalue weighted by Gasteiger charge is 2.08. The van der Waals surface area contributed by atoms with Gasteiger partial charge in [-0.25, -0.2) is 9.97 Å². The van der Waals surface area contributed by atoms with Gasteiger partial charge in [0, 0.05) is 16.6 Å². The van der Waals surface area contributed by atoms with Crippen LogP contribution in [0.1, 0.15) is 15.2 Å². The third kappa shape index (κ3) is 3.50. The van der Waals surface area contributed by atoms with Gasteiger partial charge in [-0.15, -0.1) is 11.3 Å². The van der Waals surface area contributed by atoms with Gasteiger partial charge in [-0.3, -0.25) is 4.79 Å². The number of aromatic nitrogens is 2. The number of hydrogen-bond acceptors (Lipinski definition) is 4. The van der Waals surface area contributed by atoms with E-state index >= 15 is 0 Å². The predicted octanol–water partition coefficient (Wildman–Crippen LogP) is 3.79. The summed E-state index contributed by atoms with van der Waals surface area (Å²) in [5.74, 6) is -0.0827. The second kappa shape index (κ2) is 6.68. The highest BCUT2D eigenvalue weighted by atomic mass is 35.5. The molecule has 6 heteroatoms. The molecule has 0 atom stereocenters.